The van der Waals surface area contributed by atoms with Crippen LogP contribution in [-0.4, -0.2) is 18.8 Å². The van der Waals surface area contributed by atoms with Crippen LogP contribution in [0.25, 0.3) is 0 Å². The molecule has 1 atom stereocenters. The van der Waals surface area contributed by atoms with Gasteiger partial charge >= 0.3 is 0 Å². The van der Waals surface area contributed by atoms with Crippen molar-refractivity contribution in [2.75, 3.05) is 7.11 Å². The van der Waals surface area contributed by atoms with E-state index in [2.05, 4.69) is 5.32 Å². The molecule has 0 saturated heterocycles. The number of amides is 1. The summed E-state index contributed by atoms with van der Waals surface area (Å²) in [7, 11) is 1.58. The summed E-state index contributed by atoms with van der Waals surface area (Å²) < 4.78 is 5.19. The summed E-state index contributed by atoms with van der Waals surface area (Å²) in [6.07, 6.45) is 0.246. The number of hydrogen-bond donors (Lipinski definition) is 1. The first-order chi connectivity index (χ1) is 10.2. The zero-order valence-electron chi connectivity index (χ0n) is 11.6. The first-order valence-electron chi connectivity index (χ1n) is 6.76. The molecule has 1 amide bonds. The highest BCUT2D eigenvalue weighted by Crippen LogP contribution is 2.31. The Morgan fingerprint density at radius 1 is 1.19 bits per heavy atom. The molecule has 1 heterocycles. The molecule has 4 heteroatoms. The van der Waals surface area contributed by atoms with Crippen LogP contribution >= 0.6 is 0 Å². The third kappa shape index (κ3) is 2.52. The third-order valence-electron chi connectivity index (χ3n) is 3.67. The van der Waals surface area contributed by atoms with E-state index in [1.807, 2.05) is 24.3 Å². The number of rotatable bonds is 4. The summed E-state index contributed by atoms with van der Waals surface area (Å²) in [5, 5.41) is 2.86. The highest BCUT2D eigenvalue weighted by Gasteiger charge is 2.30. The lowest BCUT2D eigenvalue weighted by atomic mass is 9.97. The monoisotopic (exact) mass is 281 g/mol. The Hall–Kier alpha value is -2.62. The Labute approximate surface area is 122 Å². The molecule has 0 fully saturated rings. The molecule has 21 heavy (non-hydrogen) atoms. The number of hydrogen-bond acceptors (Lipinski definition) is 3. The van der Waals surface area contributed by atoms with Crippen molar-refractivity contribution >= 4 is 11.7 Å². The maximum absolute atomic E-state index is 12.3. The molecule has 1 aliphatic heterocycles. The molecule has 0 aromatic heterocycles. The van der Waals surface area contributed by atoms with Crippen LogP contribution in [0.1, 0.15) is 38.7 Å². The lowest BCUT2D eigenvalue weighted by Gasteiger charge is -2.11. The normalized spacial score (nSPS) is 16.2. The first-order valence-corrected chi connectivity index (χ1v) is 6.76. The van der Waals surface area contributed by atoms with Gasteiger partial charge in [-0.1, -0.05) is 30.3 Å². The Balaban J connectivity index is 1.86. The van der Waals surface area contributed by atoms with Crippen molar-refractivity contribution in [1.29, 1.82) is 0 Å². The van der Waals surface area contributed by atoms with Gasteiger partial charge in [0.15, 0.2) is 5.78 Å². The second-order valence-corrected chi connectivity index (χ2v) is 4.97. The number of nitrogens with one attached hydrogen (secondary N) is 1. The average molecular weight is 281 g/mol. The molecule has 106 valence electrons. The van der Waals surface area contributed by atoms with E-state index < -0.39 is 0 Å². The van der Waals surface area contributed by atoms with E-state index in [9.17, 15) is 9.59 Å². The van der Waals surface area contributed by atoms with Crippen LogP contribution in [0.4, 0.5) is 0 Å². The van der Waals surface area contributed by atoms with Crippen LogP contribution in [0.5, 0.6) is 5.75 Å². The molecule has 0 saturated carbocycles. The lowest BCUT2D eigenvalue weighted by molar-refractivity contribution is 0.0933. The molecule has 1 aliphatic rings. The zero-order valence-corrected chi connectivity index (χ0v) is 11.6. The van der Waals surface area contributed by atoms with Gasteiger partial charge in [-0.05, 0) is 23.8 Å². The number of fused-ring (bicyclic) bond motifs is 1. The van der Waals surface area contributed by atoms with Gasteiger partial charge in [0, 0.05) is 17.5 Å². The van der Waals surface area contributed by atoms with E-state index in [1.54, 1.807) is 31.4 Å². The standard InChI is InChI=1S/C17H15NO3/c1-21-12-7-8-13-14(9-12)15(18-17(13)20)10-16(19)11-5-3-2-4-6-11/h2-9,15H,10H2,1H3,(H,18,20)/t15-/m0/s1. The molecule has 1 N–H and O–H groups in total. The van der Waals surface area contributed by atoms with E-state index in [-0.39, 0.29) is 24.2 Å². The molecule has 3 rings (SSSR count). The number of benzene rings is 2. The minimum absolute atomic E-state index is 0.0107. The van der Waals surface area contributed by atoms with Gasteiger partial charge in [-0.25, -0.2) is 0 Å². The number of carbonyl (C=O) groups is 2. The predicted molar refractivity (Wildman–Crippen MR) is 78.6 cm³/mol. The highest BCUT2D eigenvalue weighted by atomic mass is 16.5. The van der Waals surface area contributed by atoms with Gasteiger partial charge in [-0.3, -0.25) is 9.59 Å². The fourth-order valence-corrected chi connectivity index (χ4v) is 2.56. The van der Waals surface area contributed by atoms with Crippen molar-refractivity contribution < 1.29 is 14.3 Å². The summed E-state index contributed by atoms with van der Waals surface area (Å²) in [5.74, 6) is 0.553. The van der Waals surface area contributed by atoms with Crippen molar-refractivity contribution in [3.63, 3.8) is 0 Å². The van der Waals surface area contributed by atoms with Gasteiger partial charge in [0.25, 0.3) is 5.91 Å². The fourth-order valence-electron chi connectivity index (χ4n) is 2.56. The molecular weight excluding hydrogens is 266 g/mol. The maximum Gasteiger partial charge on any atom is 0.252 e. The van der Waals surface area contributed by atoms with Gasteiger partial charge in [0.05, 0.1) is 13.2 Å². The molecule has 0 aliphatic carbocycles. The molecule has 0 bridgehead atoms. The highest BCUT2D eigenvalue weighted by molar-refractivity contribution is 6.02. The van der Waals surface area contributed by atoms with Crippen LogP contribution in [0.2, 0.25) is 0 Å². The van der Waals surface area contributed by atoms with E-state index in [1.165, 1.54) is 0 Å². The molecule has 0 unspecified atom stereocenters. The minimum Gasteiger partial charge on any atom is -0.497 e. The first kappa shape index (κ1) is 13.4. The summed E-state index contributed by atoms with van der Waals surface area (Å²) in [4.78, 5) is 24.2. The summed E-state index contributed by atoms with van der Waals surface area (Å²) in [6, 6.07) is 14.1. The SMILES string of the molecule is COc1ccc2c(c1)[C@H](CC(=O)c1ccccc1)NC2=O. The van der Waals surface area contributed by atoms with Crippen molar-refractivity contribution in [3.05, 3.63) is 65.2 Å². The van der Waals surface area contributed by atoms with Crippen molar-refractivity contribution in [3.8, 4) is 5.75 Å². The topological polar surface area (TPSA) is 55.4 Å². The fraction of sp³-hybridized carbons (Fsp3) is 0.176. The zero-order chi connectivity index (χ0) is 14.8. The molecule has 2 aromatic carbocycles. The quantitative estimate of drug-likeness (QED) is 0.877. The van der Waals surface area contributed by atoms with Gasteiger partial charge in [0.2, 0.25) is 0 Å². The van der Waals surface area contributed by atoms with Crippen LogP contribution in [0, 0.1) is 0 Å². The number of carbonyl (C=O) groups excluding carboxylic acids is 2. The second kappa shape index (κ2) is 5.40. The lowest BCUT2D eigenvalue weighted by Crippen LogP contribution is -2.21. The Kier molecular flexibility index (Phi) is 3.44. The van der Waals surface area contributed by atoms with Gasteiger partial charge in [-0.2, -0.15) is 0 Å². The van der Waals surface area contributed by atoms with E-state index in [0.717, 1.165) is 5.56 Å². The van der Waals surface area contributed by atoms with Crippen LogP contribution in [-0.2, 0) is 0 Å². The second-order valence-electron chi connectivity index (χ2n) is 4.97. The third-order valence-corrected chi connectivity index (χ3v) is 3.67. The smallest absolute Gasteiger partial charge is 0.252 e. The van der Waals surface area contributed by atoms with Crippen molar-refractivity contribution in [2.24, 2.45) is 0 Å². The maximum atomic E-state index is 12.3. The Morgan fingerprint density at radius 2 is 1.95 bits per heavy atom. The Morgan fingerprint density at radius 3 is 2.67 bits per heavy atom. The van der Waals surface area contributed by atoms with Gasteiger partial charge in [-0.15, -0.1) is 0 Å². The van der Waals surface area contributed by atoms with E-state index >= 15 is 0 Å². The molecule has 2 aromatic rings. The van der Waals surface area contributed by atoms with Crippen LogP contribution < -0.4 is 10.1 Å². The largest absolute Gasteiger partial charge is 0.497 e. The minimum atomic E-state index is -0.296. The molecule has 0 radical (unpaired) electrons. The van der Waals surface area contributed by atoms with Gasteiger partial charge < -0.3 is 10.1 Å². The van der Waals surface area contributed by atoms with Crippen LogP contribution in [0.15, 0.2) is 48.5 Å². The van der Waals surface area contributed by atoms with Crippen molar-refractivity contribution in [1.82, 2.24) is 5.32 Å². The molecule has 4 nitrogen and oxygen atoms in total. The summed E-state index contributed by atoms with van der Waals surface area (Å²) >= 11 is 0. The number of Topliss-reactive ketones (excluding diaryl/α,β-unsaturated/α-hetero) is 1. The number of ether oxygens (including phenoxy) is 1. The average Bonchev–Trinajstić information content (AvgIpc) is 2.83. The van der Waals surface area contributed by atoms with E-state index in [0.29, 0.717) is 16.9 Å². The number of ketones is 1. The summed E-state index contributed by atoms with van der Waals surface area (Å²) in [6.45, 7) is 0. The van der Waals surface area contributed by atoms with Crippen molar-refractivity contribution in [2.45, 2.75) is 12.5 Å². The predicted octanol–water partition coefficient (Wildman–Crippen LogP) is 2.75. The van der Waals surface area contributed by atoms with Gasteiger partial charge in [0.1, 0.15) is 5.75 Å². The van der Waals surface area contributed by atoms with Crippen LogP contribution in [0.3, 0.4) is 0 Å². The number of methoxy groups -OCH3 is 1. The Bertz CT molecular complexity index is 694. The molecule has 0 spiro atoms. The molecular formula is C17H15NO3. The van der Waals surface area contributed by atoms with E-state index in [4.69, 9.17) is 4.74 Å². The summed E-state index contributed by atoms with van der Waals surface area (Å²) in [5.41, 5.74) is 2.09.